The number of allylic oxidation sites excluding steroid dienone is 4. The molecule has 2 heterocycles. The van der Waals surface area contributed by atoms with E-state index in [0.717, 1.165) is 59.2 Å². The maximum atomic E-state index is 11.6. The third-order valence-electron chi connectivity index (χ3n) is 4.90. The van der Waals surface area contributed by atoms with Crippen LogP contribution in [0.3, 0.4) is 0 Å². The van der Waals surface area contributed by atoms with E-state index in [4.69, 9.17) is 11.6 Å². The Labute approximate surface area is 186 Å². The smallest absolute Gasteiger partial charge is 0.289 e. The molecule has 0 radical (unpaired) electrons. The number of rotatable bonds is 1. The summed E-state index contributed by atoms with van der Waals surface area (Å²) in [6.45, 7) is 3.74. The highest BCUT2D eigenvalue weighted by molar-refractivity contribution is 9.12. The van der Waals surface area contributed by atoms with Crippen LogP contribution < -0.4 is 5.32 Å². The third kappa shape index (κ3) is 4.64. The number of nitrogens with zero attached hydrogens (tertiary/aromatic N) is 2. The van der Waals surface area contributed by atoms with Crippen LogP contribution in [0.25, 0.3) is 5.57 Å². The first-order chi connectivity index (χ1) is 13.4. The second-order valence-corrected chi connectivity index (χ2v) is 8.79. The molecular formula is C20H20Br2ClN3O2. The predicted molar refractivity (Wildman–Crippen MR) is 122 cm³/mol. The Morgan fingerprint density at radius 3 is 2.64 bits per heavy atom. The highest BCUT2D eigenvalue weighted by atomic mass is 79.9. The molecule has 1 fully saturated rings. The minimum Gasteiger partial charge on any atom is -0.316 e. The van der Waals surface area contributed by atoms with Gasteiger partial charge in [-0.1, -0.05) is 29.3 Å². The van der Waals surface area contributed by atoms with Crippen LogP contribution in [0, 0.1) is 10.1 Å². The number of benzene rings is 1. The number of piperidine rings is 1. The Kier molecular flexibility index (Phi) is 7.25. The van der Waals surface area contributed by atoms with E-state index >= 15 is 0 Å². The second-order valence-electron chi connectivity index (χ2n) is 6.70. The maximum absolute atomic E-state index is 11.6. The molecule has 148 valence electrons. The molecular weight excluding hydrogens is 510 g/mol. The van der Waals surface area contributed by atoms with Gasteiger partial charge in [0, 0.05) is 32.5 Å². The fourth-order valence-corrected chi connectivity index (χ4v) is 4.70. The van der Waals surface area contributed by atoms with Crippen molar-refractivity contribution in [2.24, 2.45) is 4.99 Å². The van der Waals surface area contributed by atoms with Gasteiger partial charge in [-0.3, -0.25) is 15.1 Å². The summed E-state index contributed by atoms with van der Waals surface area (Å²) in [5.41, 5.74) is 4.84. The molecule has 2 aliphatic rings. The van der Waals surface area contributed by atoms with Crippen molar-refractivity contribution in [2.75, 3.05) is 13.1 Å². The van der Waals surface area contributed by atoms with Crippen molar-refractivity contribution in [3.8, 4) is 0 Å². The van der Waals surface area contributed by atoms with Crippen LogP contribution in [-0.4, -0.2) is 23.7 Å². The molecule has 1 N–H and O–H groups in total. The van der Waals surface area contributed by atoms with Gasteiger partial charge in [0.25, 0.3) is 5.69 Å². The van der Waals surface area contributed by atoms with Gasteiger partial charge >= 0.3 is 0 Å². The molecule has 0 amide bonds. The molecule has 0 atom stereocenters. The lowest BCUT2D eigenvalue weighted by Gasteiger charge is -2.23. The second kappa shape index (κ2) is 9.48. The van der Waals surface area contributed by atoms with Gasteiger partial charge in [-0.15, -0.1) is 0 Å². The fraction of sp³-hybridized carbons (Fsp3) is 0.350. The lowest BCUT2D eigenvalue weighted by molar-refractivity contribution is -0.384. The quantitative estimate of drug-likeness (QED) is 0.341. The lowest BCUT2D eigenvalue weighted by atomic mass is 9.87. The summed E-state index contributed by atoms with van der Waals surface area (Å²) in [6.07, 6.45) is 9.08. The molecule has 0 spiro atoms. The van der Waals surface area contributed by atoms with Crippen molar-refractivity contribution < 1.29 is 4.92 Å². The summed E-state index contributed by atoms with van der Waals surface area (Å²) in [5.74, 6) is 0. The van der Waals surface area contributed by atoms with Crippen LogP contribution in [0.5, 0.6) is 0 Å². The third-order valence-corrected chi connectivity index (χ3v) is 6.85. The number of hydrogen-bond acceptors (Lipinski definition) is 4. The number of nitrogens with one attached hydrogen (secondary N) is 1. The average Bonchev–Trinajstić information content (AvgIpc) is 2.70. The van der Waals surface area contributed by atoms with Crippen LogP contribution in [0.4, 0.5) is 5.69 Å². The van der Waals surface area contributed by atoms with Crippen LogP contribution in [0.1, 0.15) is 37.3 Å². The number of aliphatic imine (C=N–C) groups is 1. The molecule has 2 aliphatic heterocycles. The highest BCUT2D eigenvalue weighted by Crippen LogP contribution is 2.42. The van der Waals surface area contributed by atoms with Gasteiger partial charge in [0.15, 0.2) is 0 Å². The van der Waals surface area contributed by atoms with Crippen molar-refractivity contribution >= 4 is 60.4 Å². The van der Waals surface area contributed by atoms with Crippen molar-refractivity contribution in [1.82, 2.24) is 5.32 Å². The molecule has 0 aliphatic carbocycles. The van der Waals surface area contributed by atoms with E-state index in [-0.39, 0.29) is 10.7 Å². The van der Waals surface area contributed by atoms with Gasteiger partial charge in [-0.25, -0.2) is 0 Å². The van der Waals surface area contributed by atoms with Gasteiger partial charge in [-0.2, -0.15) is 0 Å². The molecule has 8 heteroatoms. The van der Waals surface area contributed by atoms with E-state index in [1.807, 2.05) is 13.0 Å². The van der Waals surface area contributed by atoms with Gasteiger partial charge < -0.3 is 5.32 Å². The van der Waals surface area contributed by atoms with Crippen LogP contribution in [0.15, 0.2) is 43.9 Å². The molecule has 0 aromatic heterocycles. The Hall–Kier alpha value is -1.28. The standard InChI is InChI=1S/C20H20Br2ClN3O2/c1-12-18(13-6-8-24-9-7-13)16-10-17(26(27)28)20(23)19(22)15(16)5-3-2-4-14(21)11-25-12/h2,4,10-11,24H,3,5-9H2,1H3/b4-2+,14-11+,25-12?. The van der Waals surface area contributed by atoms with Crippen LogP contribution >= 0.6 is 43.5 Å². The molecule has 0 saturated carbocycles. The van der Waals surface area contributed by atoms with Crippen LogP contribution in [-0.2, 0) is 6.42 Å². The Balaban J connectivity index is 2.34. The number of hydrogen-bond donors (Lipinski definition) is 1. The van der Waals surface area contributed by atoms with E-state index in [1.165, 1.54) is 5.57 Å². The summed E-state index contributed by atoms with van der Waals surface area (Å²) < 4.78 is 1.48. The monoisotopic (exact) mass is 527 g/mol. The zero-order valence-electron chi connectivity index (χ0n) is 15.4. The zero-order chi connectivity index (χ0) is 20.3. The molecule has 1 aromatic rings. The lowest BCUT2D eigenvalue weighted by Crippen LogP contribution is -2.24. The number of halogens is 3. The Bertz CT molecular complexity index is 928. The maximum Gasteiger partial charge on any atom is 0.289 e. The fourth-order valence-electron chi connectivity index (χ4n) is 3.56. The summed E-state index contributed by atoms with van der Waals surface area (Å²) >= 11 is 13.4. The minimum absolute atomic E-state index is 0.0886. The van der Waals surface area contributed by atoms with E-state index in [2.05, 4.69) is 48.2 Å². The van der Waals surface area contributed by atoms with Crippen molar-refractivity contribution in [3.63, 3.8) is 0 Å². The minimum atomic E-state index is -0.425. The number of nitro groups is 1. The van der Waals surface area contributed by atoms with E-state index < -0.39 is 4.92 Å². The van der Waals surface area contributed by atoms with E-state index in [9.17, 15) is 10.1 Å². The van der Waals surface area contributed by atoms with Crippen molar-refractivity contribution in [1.29, 1.82) is 0 Å². The van der Waals surface area contributed by atoms with Gasteiger partial charge in [0.05, 0.1) is 4.92 Å². The topological polar surface area (TPSA) is 67.5 Å². The predicted octanol–water partition coefficient (Wildman–Crippen LogP) is 6.35. The van der Waals surface area contributed by atoms with Crippen molar-refractivity contribution in [3.05, 3.63) is 65.2 Å². The summed E-state index contributed by atoms with van der Waals surface area (Å²) in [7, 11) is 0. The van der Waals surface area contributed by atoms with Crippen LogP contribution in [0.2, 0.25) is 5.02 Å². The highest BCUT2D eigenvalue weighted by Gasteiger charge is 2.26. The SMILES string of the molecule is CC1=N/C=C(Br)\C=C\CCc2c(cc([N+](=O)[O-])c(Cl)c2Br)C1=C1CCNCC1. The molecule has 3 rings (SSSR count). The van der Waals surface area contributed by atoms with Crippen molar-refractivity contribution in [2.45, 2.75) is 32.6 Å². The molecule has 1 saturated heterocycles. The first-order valence-electron chi connectivity index (χ1n) is 9.05. The normalized spacial score (nSPS) is 21.1. The number of nitro benzene ring substituents is 1. The molecule has 0 unspecified atom stereocenters. The first kappa shape index (κ1) is 21.4. The first-order valence-corrected chi connectivity index (χ1v) is 11.0. The summed E-state index contributed by atoms with van der Waals surface area (Å²) in [6, 6.07) is 1.62. The van der Waals surface area contributed by atoms with E-state index in [0.29, 0.717) is 10.9 Å². The van der Waals surface area contributed by atoms with Gasteiger partial charge in [-0.05, 0) is 88.7 Å². The summed E-state index contributed by atoms with van der Waals surface area (Å²) in [5, 5.41) is 15.1. The Morgan fingerprint density at radius 2 is 1.96 bits per heavy atom. The van der Waals surface area contributed by atoms with Gasteiger partial charge in [0.1, 0.15) is 5.02 Å². The molecule has 1 aromatic carbocycles. The van der Waals surface area contributed by atoms with E-state index in [1.54, 1.807) is 12.3 Å². The molecule has 5 nitrogen and oxygen atoms in total. The zero-order valence-corrected chi connectivity index (χ0v) is 19.3. The largest absolute Gasteiger partial charge is 0.316 e. The molecule has 28 heavy (non-hydrogen) atoms. The summed E-state index contributed by atoms with van der Waals surface area (Å²) in [4.78, 5) is 15.8. The average molecular weight is 530 g/mol. The number of fused-ring (bicyclic) bond motifs is 1. The van der Waals surface area contributed by atoms with Gasteiger partial charge in [0.2, 0.25) is 0 Å². The molecule has 0 bridgehead atoms. The Morgan fingerprint density at radius 1 is 1.25 bits per heavy atom.